The van der Waals surface area contributed by atoms with Crippen molar-refractivity contribution in [2.45, 2.75) is 19.3 Å². The zero-order valence-corrected chi connectivity index (χ0v) is 42.8. The molecule has 6 heteroatoms. The van der Waals surface area contributed by atoms with Crippen molar-refractivity contribution in [3.63, 3.8) is 0 Å². The van der Waals surface area contributed by atoms with Crippen molar-refractivity contribution < 1.29 is 4.42 Å². The zero-order valence-electron chi connectivity index (χ0n) is 42.8. The highest BCUT2D eigenvalue weighted by atomic mass is 16.3. The molecule has 78 heavy (non-hydrogen) atoms. The Labute approximate surface area is 449 Å². The first-order valence-electron chi connectivity index (χ1n) is 26.7. The quantitative estimate of drug-likeness (QED) is 0.160. The number of hydrogen-bond acceptors (Lipinski definition) is 4. The summed E-state index contributed by atoms with van der Waals surface area (Å²) in [5.74, 6) is 1.64. The lowest BCUT2D eigenvalue weighted by Crippen LogP contribution is -2.14. The second-order valence-electron chi connectivity index (χ2n) is 21.2. The Morgan fingerprint density at radius 2 is 0.872 bits per heavy atom. The van der Waals surface area contributed by atoms with Crippen molar-refractivity contribution in [1.29, 1.82) is 0 Å². The lowest BCUT2D eigenvalue weighted by Gasteiger charge is -2.21. The summed E-state index contributed by atoms with van der Waals surface area (Å²) in [5.41, 5.74) is 20.9. The van der Waals surface area contributed by atoms with E-state index >= 15 is 0 Å². The van der Waals surface area contributed by atoms with E-state index in [4.69, 9.17) is 19.4 Å². The molecule has 366 valence electrons. The SMILES string of the molecule is CC1(C)c2ccccc2-c2cc(-c3cccc(-c4cccc(-c5cccc6c7cc(-n8c9ccccc9c9ccccc98)ccc7n(-c7nc(-c8ccccc8)nc(-c8ccc9c(c8)oc8ccccc89)n7)c56)c4)c3)ccc21. The monoisotopic (exact) mass is 997 g/mol. The minimum Gasteiger partial charge on any atom is -0.456 e. The van der Waals surface area contributed by atoms with Crippen LogP contribution in [0.4, 0.5) is 0 Å². The van der Waals surface area contributed by atoms with Gasteiger partial charge in [-0.2, -0.15) is 9.97 Å². The topological polar surface area (TPSA) is 61.7 Å². The molecule has 0 N–H and O–H groups in total. The molecule has 0 radical (unpaired) electrons. The van der Waals surface area contributed by atoms with Gasteiger partial charge in [0.1, 0.15) is 11.2 Å². The van der Waals surface area contributed by atoms with Gasteiger partial charge in [-0.05, 0) is 117 Å². The van der Waals surface area contributed by atoms with Crippen molar-refractivity contribution in [2.75, 3.05) is 0 Å². The second-order valence-corrected chi connectivity index (χ2v) is 21.2. The number of para-hydroxylation sites is 4. The van der Waals surface area contributed by atoms with Gasteiger partial charge in [0.15, 0.2) is 11.6 Å². The third kappa shape index (κ3) is 6.73. The highest BCUT2D eigenvalue weighted by Gasteiger charge is 2.35. The predicted molar refractivity (Wildman–Crippen MR) is 321 cm³/mol. The van der Waals surface area contributed by atoms with Crippen LogP contribution in [-0.4, -0.2) is 24.1 Å². The summed E-state index contributed by atoms with van der Waals surface area (Å²) in [6.45, 7) is 4.67. The van der Waals surface area contributed by atoms with Crippen LogP contribution in [0.5, 0.6) is 0 Å². The van der Waals surface area contributed by atoms with Gasteiger partial charge in [-0.25, -0.2) is 4.98 Å². The maximum Gasteiger partial charge on any atom is 0.238 e. The third-order valence-corrected chi connectivity index (χ3v) is 16.4. The van der Waals surface area contributed by atoms with E-state index in [-0.39, 0.29) is 5.41 Å². The van der Waals surface area contributed by atoms with Crippen molar-refractivity contribution in [2.24, 2.45) is 0 Å². The maximum atomic E-state index is 6.43. The molecule has 0 atom stereocenters. The van der Waals surface area contributed by atoms with E-state index in [1.54, 1.807) is 0 Å². The molecule has 16 rings (SSSR count). The number of rotatable bonds is 7. The van der Waals surface area contributed by atoms with Gasteiger partial charge in [0.25, 0.3) is 0 Å². The number of benzene rings is 11. The van der Waals surface area contributed by atoms with E-state index in [1.165, 1.54) is 44.2 Å². The molecule has 0 bridgehead atoms. The Kier molecular flexibility index (Phi) is 9.58. The smallest absolute Gasteiger partial charge is 0.238 e. The molecule has 0 fully saturated rings. The first-order chi connectivity index (χ1) is 38.4. The van der Waals surface area contributed by atoms with Crippen LogP contribution in [-0.2, 0) is 5.41 Å². The Hall–Kier alpha value is -10.2. The summed E-state index contributed by atoms with van der Waals surface area (Å²) in [5, 5.41) is 6.73. The lowest BCUT2D eigenvalue weighted by molar-refractivity contribution is 0.660. The third-order valence-electron chi connectivity index (χ3n) is 16.4. The van der Waals surface area contributed by atoms with Crippen molar-refractivity contribution in [3.05, 3.63) is 260 Å². The van der Waals surface area contributed by atoms with Crippen LogP contribution in [0.15, 0.2) is 253 Å². The molecule has 0 unspecified atom stereocenters. The molecule has 0 saturated carbocycles. The Balaban J connectivity index is 0.904. The van der Waals surface area contributed by atoms with Gasteiger partial charge in [0.05, 0.1) is 22.1 Å². The molecule has 0 aliphatic heterocycles. The highest BCUT2D eigenvalue weighted by Crippen LogP contribution is 2.50. The first-order valence-corrected chi connectivity index (χ1v) is 26.7. The minimum absolute atomic E-state index is 0.0446. The molecular formula is C72H47N5O. The summed E-state index contributed by atoms with van der Waals surface area (Å²) >= 11 is 0. The zero-order chi connectivity index (χ0) is 51.6. The van der Waals surface area contributed by atoms with Crippen LogP contribution >= 0.6 is 0 Å². The summed E-state index contributed by atoms with van der Waals surface area (Å²) in [6, 6.07) is 89.3. The van der Waals surface area contributed by atoms with Gasteiger partial charge < -0.3 is 8.98 Å². The largest absolute Gasteiger partial charge is 0.456 e. The standard InChI is InChI=1S/C72H47N5O/c1-72(2)61-29-10-6-23-53(61)59-41-48(34-37-62(59)72)46-20-14-19-45(39-46)47-21-15-22-49(40-47)52-27-16-28-58-60-43-51(76-63-30-11-7-24-54(63)55-25-8-12-31-64(55)76)35-38-65(60)77(68(52)58)71-74-69(44-17-4-3-5-18-44)73-70(75-71)50-33-36-57-56-26-9-13-32-66(56)78-67(57)42-50/h3-43H,1-2H3. The average molecular weight is 998 g/mol. The molecule has 4 heterocycles. The average Bonchev–Trinajstić information content (AvgIpc) is 4.43. The predicted octanol–water partition coefficient (Wildman–Crippen LogP) is 18.6. The van der Waals surface area contributed by atoms with E-state index < -0.39 is 0 Å². The number of nitrogens with zero attached hydrogens (tertiary/aromatic N) is 5. The van der Waals surface area contributed by atoms with Gasteiger partial charge in [0.2, 0.25) is 5.95 Å². The van der Waals surface area contributed by atoms with Crippen LogP contribution in [0, 0.1) is 0 Å². The highest BCUT2D eigenvalue weighted by molar-refractivity contribution is 6.15. The molecule has 1 aliphatic carbocycles. The molecular weight excluding hydrogens is 951 g/mol. The molecule has 4 aromatic heterocycles. The summed E-state index contributed by atoms with van der Waals surface area (Å²) < 4.78 is 11.1. The number of hydrogen-bond donors (Lipinski definition) is 0. The Bertz CT molecular complexity index is 4910. The molecule has 0 saturated heterocycles. The Morgan fingerprint density at radius 3 is 1.65 bits per heavy atom. The van der Waals surface area contributed by atoms with Crippen LogP contribution in [0.1, 0.15) is 25.0 Å². The van der Waals surface area contributed by atoms with Crippen LogP contribution in [0.3, 0.4) is 0 Å². The van der Waals surface area contributed by atoms with E-state index in [1.807, 2.05) is 36.4 Å². The minimum atomic E-state index is -0.0446. The lowest BCUT2D eigenvalue weighted by atomic mass is 9.82. The fraction of sp³-hybridized carbons (Fsp3) is 0.0417. The van der Waals surface area contributed by atoms with E-state index in [9.17, 15) is 0 Å². The van der Waals surface area contributed by atoms with Crippen molar-refractivity contribution in [1.82, 2.24) is 24.1 Å². The van der Waals surface area contributed by atoms with Crippen molar-refractivity contribution in [3.8, 4) is 78.9 Å². The van der Waals surface area contributed by atoms with Crippen molar-refractivity contribution >= 4 is 65.6 Å². The van der Waals surface area contributed by atoms with Gasteiger partial charge in [-0.3, -0.25) is 4.57 Å². The summed E-state index contributed by atoms with van der Waals surface area (Å²) in [7, 11) is 0. The molecule has 15 aromatic rings. The van der Waals surface area contributed by atoms with Gasteiger partial charge in [-0.1, -0.05) is 196 Å². The maximum absolute atomic E-state index is 6.43. The second kappa shape index (κ2) is 16.9. The number of aromatic nitrogens is 5. The van der Waals surface area contributed by atoms with E-state index in [2.05, 4.69) is 235 Å². The van der Waals surface area contributed by atoms with Gasteiger partial charge in [0, 0.05) is 60.1 Å². The molecule has 0 amide bonds. The normalized spacial score (nSPS) is 12.8. The van der Waals surface area contributed by atoms with Crippen LogP contribution < -0.4 is 0 Å². The number of furan rings is 1. The molecule has 1 aliphatic rings. The Morgan fingerprint density at radius 1 is 0.321 bits per heavy atom. The van der Waals surface area contributed by atoms with E-state index in [0.29, 0.717) is 17.6 Å². The fourth-order valence-corrected chi connectivity index (χ4v) is 12.7. The van der Waals surface area contributed by atoms with Gasteiger partial charge >= 0.3 is 0 Å². The van der Waals surface area contributed by atoms with Gasteiger partial charge in [-0.15, -0.1) is 0 Å². The van der Waals surface area contributed by atoms with Crippen LogP contribution in [0.2, 0.25) is 0 Å². The van der Waals surface area contributed by atoms with Crippen LogP contribution in [0.25, 0.3) is 144 Å². The molecule has 6 nitrogen and oxygen atoms in total. The first kappa shape index (κ1) is 44.2. The van der Waals surface area contributed by atoms with E-state index in [0.717, 1.165) is 93.8 Å². The number of fused-ring (bicyclic) bond motifs is 12. The fourth-order valence-electron chi connectivity index (χ4n) is 12.7. The summed E-state index contributed by atoms with van der Waals surface area (Å²) in [6.07, 6.45) is 0. The summed E-state index contributed by atoms with van der Waals surface area (Å²) in [4.78, 5) is 16.1. The molecule has 11 aromatic carbocycles. The molecule has 0 spiro atoms.